The summed E-state index contributed by atoms with van der Waals surface area (Å²) in [7, 11) is 0. The van der Waals surface area contributed by atoms with Crippen LogP contribution in [-0.2, 0) is 40.0 Å². The molecule has 0 spiro atoms. The molecule has 0 radical (unpaired) electrons. The van der Waals surface area contributed by atoms with Crippen LogP contribution < -0.4 is 42.4 Å². The summed E-state index contributed by atoms with van der Waals surface area (Å²) >= 11 is 0. The number of nitrogens with one attached hydrogen (secondary N) is 6. The monoisotopic (exact) mass is 1010 g/mol. The highest BCUT2D eigenvalue weighted by molar-refractivity contribution is 6.00. The molecule has 20 heteroatoms. The number of amides is 8. The highest BCUT2D eigenvalue weighted by Crippen LogP contribution is 2.25. The third-order valence-electron chi connectivity index (χ3n) is 13.5. The average molecular weight is 1010 g/mol. The topological polar surface area (TPSA) is 291 Å². The van der Waals surface area contributed by atoms with Gasteiger partial charge in [-0.2, -0.15) is 0 Å². The number of phenolic OH excluding ortho intramolecular Hbond substituents is 1. The summed E-state index contributed by atoms with van der Waals surface area (Å²) in [6, 6.07) is 12.8. The van der Waals surface area contributed by atoms with Gasteiger partial charge in [0.15, 0.2) is 0 Å². The number of carbonyl (C=O) groups is 8. The molecule has 3 saturated heterocycles. The van der Waals surface area contributed by atoms with E-state index in [-0.39, 0.29) is 88.9 Å². The summed E-state index contributed by atoms with van der Waals surface area (Å²) in [5.41, 5.74) is 9.07. The smallest absolute Gasteiger partial charge is 0.251 e. The van der Waals surface area contributed by atoms with Gasteiger partial charge in [-0.1, -0.05) is 56.2 Å². The Balaban J connectivity index is 1.26. The van der Waals surface area contributed by atoms with Crippen molar-refractivity contribution in [1.82, 2.24) is 41.7 Å². The highest BCUT2D eigenvalue weighted by atomic mass is 16.5. The number of hydrogen-bond donors (Lipinski definition) is 9. The Bertz CT molecular complexity index is 2370. The lowest BCUT2D eigenvalue weighted by molar-refractivity contribution is -0.144. The summed E-state index contributed by atoms with van der Waals surface area (Å²) in [5.74, 6) is -3.87. The van der Waals surface area contributed by atoms with Crippen LogP contribution >= 0.6 is 0 Å². The molecule has 394 valence electrons. The SMILES string of the molecule is CCCCCOc1ccc(-c2ccc(C(=O)N[C@H]3CCCNC(=O)[C@@H]4CC(N)CN4C(=O)[C@H](CCCNC=O)NC(=O)[C@H](CCc4ccc(O)cc4)NC(=O)[C@@H]4CCCN4C(=O)[C@H](C(C)O)NC3=O)cc2)cc1. The molecule has 3 aliphatic rings. The van der Waals surface area contributed by atoms with E-state index in [9.17, 15) is 48.6 Å². The number of nitrogens with zero attached hydrogens (tertiary/aromatic N) is 2. The van der Waals surface area contributed by atoms with Crippen molar-refractivity contribution < 1.29 is 53.3 Å². The molecule has 2 unspecified atom stereocenters. The van der Waals surface area contributed by atoms with Gasteiger partial charge in [0.1, 0.15) is 47.8 Å². The van der Waals surface area contributed by atoms with Gasteiger partial charge < -0.3 is 62.4 Å². The summed E-state index contributed by atoms with van der Waals surface area (Å²) in [4.78, 5) is 113. The number of ether oxygens (including phenoxy) is 1. The standard InChI is InChI=1S/C53H71N9O11/c1-3-4-5-29-73-40-23-19-36(20-24-40)35-15-17-37(18-16-35)47(66)57-41-9-7-27-56-50(69)45-30-38(54)31-62(45)52(71)43(10-6-26-55-32-63)59-48(67)42(25-14-34-12-21-39(65)22-13-34)58-51(70)44-11-8-28-61(44)53(72)46(33(2)64)60-49(41)68/h12-13,15-24,32-33,38,41-46,64-65H,3-11,14,25-31,54H2,1-2H3,(H,55,63)(H,56,69)(H,57,66)(H,58,70)(H,59,67)(H,60,68)/t33?,38?,41-,42-,43-,44-,45-,46-/m0/s1. The van der Waals surface area contributed by atoms with Crippen LogP contribution in [-0.4, -0.2) is 149 Å². The second kappa shape index (κ2) is 27.1. The minimum absolute atomic E-state index is 0.00255. The van der Waals surface area contributed by atoms with E-state index in [2.05, 4.69) is 38.8 Å². The number of aliphatic hydroxyl groups excluding tert-OH is 1. The fourth-order valence-corrected chi connectivity index (χ4v) is 9.44. The number of rotatable bonds is 17. The van der Waals surface area contributed by atoms with Crippen LogP contribution in [0.2, 0.25) is 0 Å². The molecule has 8 amide bonds. The van der Waals surface area contributed by atoms with Gasteiger partial charge in [0.2, 0.25) is 41.9 Å². The molecule has 3 fully saturated rings. The molecular formula is C53H71N9O11. The van der Waals surface area contributed by atoms with Crippen LogP contribution in [0.3, 0.4) is 0 Å². The van der Waals surface area contributed by atoms with Crippen molar-refractivity contribution in [2.75, 3.05) is 32.8 Å². The van der Waals surface area contributed by atoms with Gasteiger partial charge in [-0.15, -0.1) is 0 Å². The van der Waals surface area contributed by atoms with E-state index < -0.39 is 89.7 Å². The van der Waals surface area contributed by atoms with Crippen molar-refractivity contribution in [3.05, 3.63) is 83.9 Å². The fraction of sp³-hybridized carbons (Fsp3) is 0.509. The molecule has 3 heterocycles. The molecule has 6 rings (SSSR count). The minimum atomic E-state index is -1.55. The van der Waals surface area contributed by atoms with Crippen LogP contribution in [0, 0.1) is 0 Å². The predicted molar refractivity (Wildman–Crippen MR) is 270 cm³/mol. The lowest BCUT2D eigenvalue weighted by atomic mass is 10.0. The Morgan fingerprint density at radius 2 is 1.49 bits per heavy atom. The molecule has 0 bridgehead atoms. The van der Waals surface area contributed by atoms with Crippen molar-refractivity contribution >= 4 is 47.8 Å². The molecular weight excluding hydrogens is 939 g/mol. The number of nitrogens with two attached hydrogens (primary N) is 1. The van der Waals surface area contributed by atoms with Gasteiger partial charge in [-0.05, 0) is 124 Å². The molecule has 8 atom stereocenters. The number of carbonyl (C=O) groups excluding carboxylic acids is 8. The predicted octanol–water partition coefficient (Wildman–Crippen LogP) is 1.55. The number of hydrogen-bond acceptors (Lipinski definition) is 12. The van der Waals surface area contributed by atoms with E-state index in [1.807, 2.05) is 24.3 Å². The van der Waals surface area contributed by atoms with E-state index in [1.54, 1.807) is 36.4 Å². The summed E-state index contributed by atoms with van der Waals surface area (Å²) < 4.78 is 5.84. The zero-order valence-electron chi connectivity index (χ0n) is 41.7. The normalized spacial score (nSPS) is 23.9. The van der Waals surface area contributed by atoms with Crippen LogP contribution in [0.5, 0.6) is 11.5 Å². The Labute approximate surface area is 425 Å². The van der Waals surface area contributed by atoms with Gasteiger partial charge >= 0.3 is 0 Å². The molecule has 0 aliphatic carbocycles. The van der Waals surface area contributed by atoms with Crippen molar-refractivity contribution in [3.63, 3.8) is 0 Å². The van der Waals surface area contributed by atoms with Gasteiger partial charge in [-0.3, -0.25) is 38.4 Å². The fourth-order valence-electron chi connectivity index (χ4n) is 9.44. The minimum Gasteiger partial charge on any atom is -0.508 e. The van der Waals surface area contributed by atoms with Crippen molar-refractivity contribution in [2.45, 2.75) is 139 Å². The number of phenols is 1. The van der Waals surface area contributed by atoms with E-state index >= 15 is 0 Å². The Kier molecular flexibility index (Phi) is 20.5. The zero-order chi connectivity index (χ0) is 52.4. The number of aromatic hydroxyl groups is 1. The molecule has 10 N–H and O–H groups in total. The number of fused-ring (bicyclic) bond motifs is 2. The third-order valence-corrected chi connectivity index (χ3v) is 13.5. The average Bonchev–Trinajstić information content (AvgIpc) is 4.05. The van der Waals surface area contributed by atoms with Gasteiger partial charge in [0.05, 0.1) is 12.7 Å². The lowest BCUT2D eigenvalue weighted by Gasteiger charge is -2.32. The first kappa shape index (κ1) is 55.3. The maximum absolute atomic E-state index is 14.5. The van der Waals surface area contributed by atoms with E-state index in [0.29, 0.717) is 19.4 Å². The summed E-state index contributed by atoms with van der Waals surface area (Å²) in [6.45, 7) is 4.37. The van der Waals surface area contributed by atoms with Crippen LogP contribution in [0.1, 0.15) is 100 Å². The molecule has 3 aromatic rings. The van der Waals surface area contributed by atoms with E-state index in [0.717, 1.165) is 41.7 Å². The molecule has 3 aliphatic heterocycles. The van der Waals surface area contributed by atoms with E-state index in [1.165, 1.54) is 28.9 Å². The van der Waals surface area contributed by atoms with Crippen LogP contribution in [0.4, 0.5) is 0 Å². The van der Waals surface area contributed by atoms with Crippen molar-refractivity contribution in [3.8, 4) is 22.6 Å². The van der Waals surface area contributed by atoms with E-state index in [4.69, 9.17) is 10.5 Å². The highest BCUT2D eigenvalue weighted by Gasteiger charge is 2.43. The molecule has 20 nitrogen and oxygen atoms in total. The Morgan fingerprint density at radius 3 is 2.18 bits per heavy atom. The van der Waals surface area contributed by atoms with Crippen molar-refractivity contribution in [2.24, 2.45) is 5.73 Å². The number of aliphatic hydroxyl groups is 1. The van der Waals surface area contributed by atoms with Crippen molar-refractivity contribution in [1.29, 1.82) is 0 Å². The second-order valence-corrected chi connectivity index (χ2v) is 19.1. The maximum atomic E-state index is 14.5. The Hall–Kier alpha value is -7.06. The second-order valence-electron chi connectivity index (χ2n) is 19.1. The number of aryl methyl sites for hydroxylation is 1. The molecule has 3 aromatic carbocycles. The van der Waals surface area contributed by atoms with Gasteiger partial charge in [0.25, 0.3) is 5.91 Å². The first-order valence-electron chi connectivity index (χ1n) is 25.5. The first-order chi connectivity index (χ1) is 35.2. The quantitative estimate of drug-likeness (QED) is 0.0688. The molecule has 0 saturated carbocycles. The van der Waals surface area contributed by atoms with Gasteiger partial charge in [-0.25, -0.2) is 0 Å². The van der Waals surface area contributed by atoms with Crippen LogP contribution in [0.25, 0.3) is 11.1 Å². The number of benzene rings is 3. The lowest BCUT2D eigenvalue weighted by Crippen LogP contribution is -2.61. The largest absolute Gasteiger partial charge is 0.508 e. The molecule has 0 aromatic heterocycles. The zero-order valence-corrected chi connectivity index (χ0v) is 41.7. The van der Waals surface area contributed by atoms with Crippen LogP contribution in [0.15, 0.2) is 72.8 Å². The summed E-state index contributed by atoms with van der Waals surface area (Å²) in [6.07, 6.45) is 3.63. The van der Waals surface area contributed by atoms with Gasteiger partial charge in [0, 0.05) is 37.8 Å². The molecule has 73 heavy (non-hydrogen) atoms. The summed E-state index contributed by atoms with van der Waals surface area (Å²) in [5, 5.41) is 37.3. The first-order valence-corrected chi connectivity index (χ1v) is 25.5. The maximum Gasteiger partial charge on any atom is 0.251 e. The third kappa shape index (κ3) is 15.5. The Morgan fingerprint density at radius 1 is 0.795 bits per heavy atom. The number of unbranched alkanes of at least 4 members (excludes halogenated alkanes) is 2.